The van der Waals surface area contributed by atoms with Gasteiger partial charge in [0.2, 0.25) is 12.3 Å². The zero-order valence-electron chi connectivity index (χ0n) is 10.4. The largest absolute Gasteiger partial charge is 0.343 e. The standard InChI is InChI=1S/C11H13N5O2S/c1-12-9-10-7(14-6-19-10)2-3-16(11(9)17)4-8-13-5-18-15-8/h5-6,9,12H,2-4H2,1H3. The van der Waals surface area contributed by atoms with Crippen molar-refractivity contribution in [1.29, 1.82) is 0 Å². The molecule has 0 aromatic carbocycles. The number of likely N-dealkylation sites (N-methyl/N-ethyl adjacent to an activating group) is 1. The second kappa shape index (κ2) is 5.06. The third-order valence-corrected chi connectivity index (χ3v) is 4.08. The molecule has 0 saturated heterocycles. The highest BCUT2D eigenvalue weighted by Crippen LogP contribution is 2.27. The minimum Gasteiger partial charge on any atom is -0.343 e. The van der Waals surface area contributed by atoms with Gasteiger partial charge in [0.25, 0.3) is 0 Å². The van der Waals surface area contributed by atoms with Crippen LogP contribution in [0.3, 0.4) is 0 Å². The smallest absolute Gasteiger partial charge is 0.245 e. The first-order valence-electron chi connectivity index (χ1n) is 5.93. The summed E-state index contributed by atoms with van der Waals surface area (Å²) in [5.74, 6) is 0.539. The summed E-state index contributed by atoms with van der Waals surface area (Å²) in [6.07, 6.45) is 2.02. The normalized spacial score (nSPS) is 19.3. The van der Waals surface area contributed by atoms with Crippen LogP contribution in [-0.4, -0.2) is 39.5 Å². The van der Waals surface area contributed by atoms with Crippen LogP contribution in [0.5, 0.6) is 0 Å². The number of rotatable bonds is 3. The number of aromatic nitrogens is 3. The van der Waals surface area contributed by atoms with Crippen molar-refractivity contribution in [2.45, 2.75) is 19.0 Å². The molecule has 8 heteroatoms. The molecular formula is C11H13N5O2S. The average molecular weight is 279 g/mol. The van der Waals surface area contributed by atoms with Crippen molar-refractivity contribution in [2.24, 2.45) is 0 Å². The quantitative estimate of drug-likeness (QED) is 0.874. The van der Waals surface area contributed by atoms with E-state index in [9.17, 15) is 4.79 Å². The fourth-order valence-corrected chi connectivity index (χ4v) is 3.13. The van der Waals surface area contributed by atoms with E-state index in [1.807, 2.05) is 0 Å². The second-order valence-electron chi connectivity index (χ2n) is 4.24. The van der Waals surface area contributed by atoms with Gasteiger partial charge in [-0.25, -0.2) is 4.98 Å². The van der Waals surface area contributed by atoms with Crippen LogP contribution >= 0.6 is 11.3 Å². The van der Waals surface area contributed by atoms with E-state index in [1.165, 1.54) is 17.7 Å². The van der Waals surface area contributed by atoms with Crippen molar-refractivity contribution in [3.63, 3.8) is 0 Å². The summed E-state index contributed by atoms with van der Waals surface area (Å²) in [4.78, 5) is 23.5. The predicted octanol–water partition coefficient (Wildman–Crippen LogP) is 0.371. The molecule has 1 unspecified atom stereocenters. The van der Waals surface area contributed by atoms with E-state index in [-0.39, 0.29) is 11.9 Å². The molecule has 100 valence electrons. The molecule has 7 nitrogen and oxygen atoms in total. The maximum atomic E-state index is 12.5. The second-order valence-corrected chi connectivity index (χ2v) is 5.13. The number of nitrogens with zero attached hydrogens (tertiary/aromatic N) is 4. The van der Waals surface area contributed by atoms with Gasteiger partial charge in [0.1, 0.15) is 6.04 Å². The first kappa shape index (κ1) is 12.2. The van der Waals surface area contributed by atoms with Crippen LogP contribution in [0.4, 0.5) is 0 Å². The summed E-state index contributed by atoms with van der Waals surface area (Å²) in [5.41, 5.74) is 2.78. The molecule has 1 N–H and O–H groups in total. The summed E-state index contributed by atoms with van der Waals surface area (Å²) >= 11 is 1.51. The molecular weight excluding hydrogens is 266 g/mol. The lowest BCUT2D eigenvalue weighted by Gasteiger charge is -2.22. The zero-order chi connectivity index (χ0) is 13.2. The van der Waals surface area contributed by atoms with E-state index in [4.69, 9.17) is 4.52 Å². The van der Waals surface area contributed by atoms with Crippen molar-refractivity contribution >= 4 is 17.2 Å². The topological polar surface area (TPSA) is 84.2 Å². The highest BCUT2D eigenvalue weighted by molar-refractivity contribution is 7.10. The molecule has 0 bridgehead atoms. The lowest BCUT2D eigenvalue weighted by atomic mass is 10.2. The molecule has 1 amide bonds. The highest BCUT2D eigenvalue weighted by atomic mass is 32.1. The van der Waals surface area contributed by atoms with Gasteiger partial charge in [-0.1, -0.05) is 5.16 Å². The van der Waals surface area contributed by atoms with Crippen LogP contribution in [0, 0.1) is 0 Å². The molecule has 19 heavy (non-hydrogen) atoms. The van der Waals surface area contributed by atoms with Gasteiger partial charge in [-0.15, -0.1) is 11.3 Å². The number of thiazole rings is 1. The Morgan fingerprint density at radius 3 is 3.21 bits per heavy atom. The number of nitrogens with one attached hydrogen (secondary N) is 1. The lowest BCUT2D eigenvalue weighted by molar-refractivity contribution is -0.133. The molecule has 3 rings (SSSR count). The monoisotopic (exact) mass is 279 g/mol. The zero-order valence-corrected chi connectivity index (χ0v) is 11.2. The molecule has 0 fully saturated rings. The van der Waals surface area contributed by atoms with Crippen LogP contribution in [0.15, 0.2) is 16.4 Å². The number of carbonyl (C=O) groups is 1. The maximum absolute atomic E-state index is 12.5. The van der Waals surface area contributed by atoms with Crippen molar-refractivity contribution in [3.05, 3.63) is 28.3 Å². The fourth-order valence-electron chi connectivity index (χ4n) is 2.19. The van der Waals surface area contributed by atoms with Crippen molar-refractivity contribution in [2.75, 3.05) is 13.6 Å². The summed E-state index contributed by atoms with van der Waals surface area (Å²) in [5, 5.41) is 6.81. The molecule has 0 spiro atoms. The number of hydrogen-bond acceptors (Lipinski definition) is 7. The Morgan fingerprint density at radius 2 is 2.47 bits per heavy atom. The van der Waals surface area contributed by atoms with Gasteiger partial charge in [0, 0.05) is 13.0 Å². The average Bonchev–Trinajstić information content (AvgIpc) is 3.04. The molecule has 1 aliphatic rings. The number of fused-ring (bicyclic) bond motifs is 1. The van der Waals surface area contributed by atoms with Gasteiger partial charge >= 0.3 is 0 Å². The van der Waals surface area contributed by atoms with Gasteiger partial charge < -0.3 is 14.7 Å². The van der Waals surface area contributed by atoms with Crippen LogP contribution in [0.2, 0.25) is 0 Å². The first-order valence-corrected chi connectivity index (χ1v) is 6.81. The van der Waals surface area contributed by atoms with Crippen molar-refractivity contribution < 1.29 is 9.32 Å². The Labute approximate surface area is 113 Å². The molecule has 3 heterocycles. The Balaban J connectivity index is 1.85. The van der Waals surface area contributed by atoms with E-state index in [0.29, 0.717) is 18.9 Å². The first-order chi connectivity index (χ1) is 9.29. The summed E-state index contributed by atoms with van der Waals surface area (Å²) in [7, 11) is 1.78. The summed E-state index contributed by atoms with van der Waals surface area (Å²) in [6.45, 7) is 0.977. The maximum Gasteiger partial charge on any atom is 0.245 e. The SMILES string of the molecule is CNC1C(=O)N(Cc2ncon2)CCc2ncsc21. The van der Waals surface area contributed by atoms with E-state index >= 15 is 0 Å². The van der Waals surface area contributed by atoms with E-state index in [2.05, 4.69) is 20.4 Å². The highest BCUT2D eigenvalue weighted by Gasteiger charge is 2.32. The molecule has 1 atom stereocenters. The van der Waals surface area contributed by atoms with Crippen LogP contribution in [0.25, 0.3) is 0 Å². The van der Waals surface area contributed by atoms with Crippen LogP contribution in [0.1, 0.15) is 22.4 Å². The molecule has 0 aliphatic carbocycles. The molecule has 0 radical (unpaired) electrons. The van der Waals surface area contributed by atoms with E-state index < -0.39 is 0 Å². The predicted molar refractivity (Wildman–Crippen MR) is 67.3 cm³/mol. The number of carbonyl (C=O) groups excluding carboxylic acids is 1. The minimum atomic E-state index is -0.336. The Morgan fingerprint density at radius 1 is 1.58 bits per heavy atom. The van der Waals surface area contributed by atoms with Crippen LogP contribution in [-0.2, 0) is 17.8 Å². The third kappa shape index (κ3) is 2.24. The van der Waals surface area contributed by atoms with Gasteiger partial charge in [0.15, 0.2) is 5.82 Å². The van der Waals surface area contributed by atoms with E-state index in [0.717, 1.165) is 17.0 Å². The van der Waals surface area contributed by atoms with Gasteiger partial charge in [0.05, 0.1) is 22.6 Å². The van der Waals surface area contributed by atoms with Gasteiger partial charge in [-0.05, 0) is 7.05 Å². The lowest BCUT2D eigenvalue weighted by Crippen LogP contribution is -2.38. The van der Waals surface area contributed by atoms with Crippen LogP contribution < -0.4 is 5.32 Å². The Bertz CT molecular complexity index is 567. The molecule has 1 aliphatic heterocycles. The fraction of sp³-hybridized carbons (Fsp3) is 0.455. The van der Waals surface area contributed by atoms with Crippen molar-refractivity contribution in [3.8, 4) is 0 Å². The summed E-state index contributed by atoms with van der Waals surface area (Å²) in [6, 6.07) is -0.336. The number of amides is 1. The number of hydrogen-bond donors (Lipinski definition) is 1. The molecule has 2 aromatic heterocycles. The van der Waals surface area contributed by atoms with Gasteiger partial charge in [-0.2, -0.15) is 4.98 Å². The van der Waals surface area contributed by atoms with E-state index in [1.54, 1.807) is 17.5 Å². The van der Waals surface area contributed by atoms with Crippen molar-refractivity contribution in [1.82, 2.24) is 25.3 Å². The molecule has 0 saturated carbocycles. The van der Waals surface area contributed by atoms with Gasteiger partial charge in [-0.3, -0.25) is 4.79 Å². The third-order valence-electron chi connectivity index (χ3n) is 3.14. The Kier molecular flexibility index (Phi) is 3.26. The molecule has 2 aromatic rings. The summed E-state index contributed by atoms with van der Waals surface area (Å²) < 4.78 is 4.70. The minimum absolute atomic E-state index is 0.0234. The Hall–Kier alpha value is -1.80.